The minimum atomic E-state index is -0.692. The zero-order valence-corrected chi connectivity index (χ0v) is 15.8. The van der Waals surface area contributed by atoms with Gasteiger partial charge in [-0.05, 0) is 45.6 Å². The van der Waals surface area contributed by atoms with Crippen LogP contribution in [-0.2, 0) is 9.53 Å². The summed E-state index contributed by atoms with van der Waals surface area (Å²) in [6.45, 7) is 4.27. The molecule has 2 rings (SSSR count). The van der Waals surface area contributed by atoms with E-state index in [1.807, 2.05) is 19.0 Å². The fraction of sp³-hybridized carbons (Fsp3) is 0.368. The van der Waals surface area contributed by atoms with E-state index in [0.717, 1.165) is 0 Å². The van der Waals surface area contributed by atoms with Crippen LogP contribution < -0.4 is 10.5 Å². The third kappa shape index (κ3) is 4.65. The maximum Gasteiger partial charge on any atom is 0.336 e. The van der Waals surface area contributed by atoms with Crippen molar-refractivity contribution in [2.45, 2.75) is 19.8 Å². The lowest BCUT2D eigenvalue weighted by Crippen LogP contribution is -2.30. The van der Waals surface area contributed by atoms with Gasteiger partial charge in [-0.3, -0.25) is 5.21 Å². The van der Waals surface area contributed by atoms with Crippen molar-refractivity contribution in [1.29, 1.82) is 5.26 Å². The molecule has 1 aromatic rings. The van der Waals surface area contributed by atoms with Crippen molar-refractivity contribution >= 4 is 11.7 Å². The van der Waals surface area contributed by atoms with Crippen LogP contribution in [0.25, 0.3) is 0 Å². The zero-order valence-electron chi connectivity index (χ0n) is 15.8. The van der Waals surface area contributed by atoms with Crippen LogP contribution in [0, 0.1) is 16.5 Å². The number of allylic oxidation sites excluding steroid dienone is 3. The number of hydrogen-bond acceptors (Lipinski definition) is 8. The molecule has 0 spiro atoms. The first kappa shape index (κ1) is 20.5. The number of rotatable bonds is 6. The van der Waals surface area contributed by atoms with Crippen molar-refractivity contribution < 1.29 is 14.7 Å². The fourth-order valence-electron chi connectivity index (χ4n) is 2.97. The molecule has 27 heavy (non-hydrogen) atoms. The Hall–Kier alpha value is -2.86. The van der Waals surface area contributed by atoms with Gasteiger partial charge in [0.05, 0.1) is 28.8 Å². The Bertz CT molecular complexity index is 821. The number of esters is 1. The molecule has 0 bridgehead atoms. The molecule has 1 heterocycles. The van der Waals surface area contributed by atoms with Crippen LogP contribution in [0.15, 0.2) is 46.8 Å². The van der Waals surface area contributed by atoms with Crippen molar-refractivity contribution in [3.63, 3.8) is 0 Å². The highest BCUT2D eigenvalue weighted by Gasteiger charge is 2.34. The molecule has 1 aromatic carbocycles. The maximum absolute atomic E-state index is 12.8. The van der Waals surface area contributed by atoms with Gasteiger partial charge in [0.1, 0.15) is 6.61 Å². The molecule has 144 valence electrons. The number of anilines is 1. The number of carbonyl (C=O) groups excluding carboxylic acids is 1. The quantitative estimate of drug-likeness (QED) is 0.578. The molecule has 1 aliphatic rings. The second-order valence-corrected chi connectivity index (χ2v) is 6.55. The summed E-state index contributed by atoms with van der Waals surface area (Å²) >= 11 is 0. The Labute approximate surface area is 158 Å². The first-order valence-corrected chi connectivity index (χ1v) is 8.42. The average Bonchev–Trinajstić information content (AvgIpc) is 2.60. The molecule has 0 saturated heterocycles. The normalized spacial score (nSPS) is 16.9. The Kier molecular flexibility index (Phi) is 6.58. The standard InChI is InChI=1S/C19H23N4O4/c1-12-16(11-20)18(14-6-5-7-15(10-14)23(25)26)17(13(2)21-12)19(24)27-9-8-22(3)4/h5-7,10,18,21,25H,8-9H2,1-4H3/q-1. The van der Waals surface area contributed by atoms with E-state index in [1.54, 1.807) is 26.0 Å². The van der Waals surface area contributed by atoms with Crippen molar-refractivity contribution in [3.8, 4) is 6.07 Å². The van der Waals surface area contributed by atoms with Gasteiger partial charge in [-0.2, -0.15) is 5.26 Å². The van der Waals surface area contributed by atoms with Gasteiger partial charge in [0.25, 0.3) is 0 Å². The Balaban J connectivity index is 2.46. The number of nitrogens with zero attached hydrogens (tertiary/aromatic N) is 3. The van der Waals surface area contributed by atoms with Crippen LogP contribution >= 0.6 is 0 Å². The Morgan fingerprint density at radius 1 is 1.37 bits per heavy atom. The lowest BCUT2D eigenvalue weighted by molar-refractivity contribution is -0.139. The summed E-state index contributed by atoms with van der Waals surface area (Å²) in [6.07, 6.45) is 0. The van der Waals surface area contributed by atoms with Gasteiger partial charge in [0.15, 0.2) is 0 Å². The number of benzene rings is 1. The second kappa shape index (κ2) is 8.68. The van der Waals surface area contributed by atoms with Gasteiger partial charge < -0.3 is 25.4 Å². The van der Waals surface area contributed by atoms with E-state index in [0.29, 0.717) is 34.6 Å². The molecule has 0 amide bonds. The van der Waals surface area contributed by atoms with E-state index in [2.05, 4.69) is 11.4 Å². The number of dihydropyridines is 1. The van der Waals surface area contributed by atoms with E-state index in [-0.39, 0.29) is 17.5 Å². The molecule has 0 fully saturated rings. The van der Waals surface area contributed by atoms with Crippen molar-refractivity contribution in [2.24, 2.45) is 0 Å². The second-order valence-electron chi connectivity index (χ2n) is 6.55. The number of hydrogen-bond donors (Lipinski definition) is 2. The van der Waals surface area contributed by atoms with E-state index < -0.39 is 11.9 Å². The first-order valence-electron chi connectivity index (χ1n) is 8.42. The highest BCUT2D eigenvalue weighted by molar-refractivity contribution is 5.93. The number of ether oxygens (including phenoxy) is 1. The molecule has 1 unspecified atom stereocenters. The molecular weight excluding hydrogens is 348 g/mol. The molecule has 1 aliphatic heterocycles. The summed E-state index contributed by atoms with van der Waals surface area (Å²) in [4.78, 5) is 14.7. The topological polar surface area (TPSA) is 112 Å². The molecule has 0 saturated carbocycles. The molecular formula is C19H23N4O4-. The number of nitriles is 1. The number of likely N-dealkylation sites (N-methyl/N-ethyl adjacent to an activating group) is 1. The fourth-order valence-corrected chi connectivity index (χ4v) is 2.97. The van der Waals surface area contributed by atoms with Gasteiger partial charge >= 0.3 is 5.97 Å². The van der Waals surface area contributed by atoms with E-state index in [9.17, 15) is 20.5 Å². The third-order valence-corrected chi connectivity index (χ3v) is 4.30. The monoisotopic (exact) mass is 371 g/mol. The molecule has 8 nitrogen and oxygen atoms in total. The van der Waals surface area contributed by atoms with Gasteiger partial charge in [-0.15, -0.1) is 0 Å². The SMILES string of the molecule is CC1=C(C#N)C(c2cccc(N([O-])O)c2)C(C(=O)OCCN(C)C)=C(C)N1. The molecule has 0 aromatic heterocycles. The average molecular weight is 371 g/mol. The zero-order chi connectivity index (χ0) is 20.1. The number of nitrogens with one attached hydrogen (secondary N) is 1. The lowest BCUT2D eigenvalue weighted by Gasteiger charge is -2.30. The predicted molar refractivity (Wildman–Crippen MR) is 100 cm³/mol. The molecule has 0 aliphatic carbocycles. The minimum Gasteiger partial charge on any atom is -0.733 e. The number of carbonyl (C=O) groups is 1. The summed E-state index contributed by atoms with van der Waals surface area (Å²) in [5.41, 5.74) is 2.42. The molecule has 2 N–H and O–H groups in total. The molecule has 0 radical (unpaired) electrons. The summed E-state index contributed by atoms with van der Waals surface area (Å²) in [5.74, 6) is -1.22. The van der Waals surface area contributed by atoms with Crippen LogP contribution in [0.2, 0.25) is 0 Å². The van der Waals surface area contributed by atoms with Gasteiger partial charge in [-0.1, -0.05) is 12.1 Å². The van der Waals surface area contributed by atoms with Crippen molar-refractivity contribution in [2.75, 3.05) is 32.5 Å². The predicted octanol–water partition coefficient (Wildman–Crippen LogP) is 2.24. The van der Waals surface area contributed by atoms with Crippen LogP contribution in [-0.4, -0.2) is 43.3 Å². The van der Waals surface area contributed by atoms with Crippen LogP contribution in [0.3, 0.4) is 0 Å². The summed E-state index contributed by atoms with van der Waals surface area (Å²) in [6, 6.07) is 8.32. The summed E-state index contributed by atoms with van der Waals surface area (Å²) in [7, 11) is 3.75. The highest BCUT2D eigenvalue weighted by Crippen LogP contribution is 2.39. The Morgan fingerprint density at radius 2 is 2.07 bits per heavy atom. The first-order chi connectivity index (χ1) is 12.8. The van der Waals surface area contributed by atoms with E-state index in [1.165, 1.54) is 12.1 Å². The highest BCUT2D eigenvalue weighted by atomic mass is 16.8. The molecule has 8 heteroatoms. The van der Waals surface area contributed by atoms with Crippen molar-refractivity contribution in [3.05, 3.63) is 57.6 Å². The minimum absolute atomic E-state index is 0.0129. The van der Waals surface area contributed by atoms with Crippen LogP contribution in [0.5, 0.6) is 0 Å². The van der Waals surface area contributed by atoms with Gasteiger partial charge in [0.2, 0.25) is 0 Å². The van der Waals surface area contributed by atoms with Crippen molar-refractivity contribution in [1.82, 2.24) is 10.2 Å². The third-order valence-electron chi connectivity index (χ3n) is 4.30. The van der Waals surface area contributed by atoms with E-state index >= 15 is 0 Å². The van der Waals surface area contributed by atoms with E-state index in [4.69, 9.17) is 4.74 Å². The maximum atomic E-state index is 12.8. The molecule has 1 atom stereocenters. The van der Waals surface area contributed by atoms with Crippen LogP contribution in [0.4, 0.5) is 5.69 Å². The van der Waals surface area contributed by atoms with Crippen LogP contribution in [0.1, 0.15) is 25.3 Å². The Morgan fingerprint density at radius 3 is 2.67 bits per heavy atom. The van der Waals surface area contributed by atoms with Gasteiger partial charge in [-0.25, -0.2) is 4.79 Å². The summed E-state index contributed by atoms with van der Waals surface area (Å²) in [5, 5.41) is 32.9. The van der Waals surface area contributed by atoms with Gasteiger partial charge in [0, 0.05) is 17.9 Å². The summed E-state index contributed by atoms with van der Waals surface area (Å²) < 4.78 is 5.39. The lowest BCUT2D eigenvalue weighted by atomic mass is 9.81. The largest absolute Gasteiger partial charge is 0.733 e. The smallest absolute Gasteiger partial charge is 0.336 e.